The van der Waals surface area contributed by atoms with Crippen molar-refractivity contribution in [1.82, 2.24) is 20.6 Å². The number of hydrogen-bond donors (Lipinski definition) is 4. The standard InChI is InChI=1S/C18H20F6N6O/c1-11(31)26-6-7-27-15-14(18(22,23)24)9-28-16(30-15)29-13-4-2-12(3-5-13)8-25-10-17(19,20)21/h2-5,9,25H,6-8,10H2,1H3,(H,26,31)(H2,27,28,29,30). The predicted octanol–water partition coefficient (Wildman–Crippen LogP) is 3.44. The Morgan fingerprint density at radius 2 is 1.71 bits per heavy atom. The molecule has 2 rings (SSSR count). The molecule has 31 heavy (non-hydrogen) atoms. The first-order chi connectivity index (χ1) is 14.4. The number of rotatable bonds is 9. The van der Waals surface area contributed by atoms with Crippen molar-refractivity contribution in [3.63, 3.8) is 0 Å². The number of anilines is 3. The summed E-state index contributed by atoms with van der Waals surface area (Å²) < 4.78 is 76.0. The zero-order valence-electron chi connectivity index (χ0n) is 16.3. The third-order valence-corrected chi connectivity index (χ3v) is 3.75. The second-order valence-electron chi connectivity index (χ2n) is 6.40. The summed E-state index contributed by atoms with van der Waals surface area (Å²) in [5, 5.41) is 9.97. The van der Waals surface area contributed by atoms with Crippen molar-refractivity contribution in [2.45, 2.75) is 25.8 Å². The molecule has 0 bridgehead atoms. The van der Waals surface area contributed by atoms with Crippen molar-refractivity contribution in [1.29, 1.82) is 0 Å². The van der Waals surface area contributed by atoms with Crippen LogP contribution in [0.25, 0.3) is 0 Å². The molecule has 1 aromatic heterocycles. The lowest BCUT2D eigenvalue weighted by atomic mass is 10.2. The number of amides is 1. The number of hydrogen-bond acceptors (Lipinski definition) is 6. The third kappa shape index (κ3) is 8.66. The molecule has 0 spiro atoms. The summed E-state index contributed by atoms with van der Waals surface area (Å²) >= 11 is 0. The fraction of sp³-hybridized carbons (Fsp3) is 0.389. The normalized spacial score (nSPS) is 11.8. The maximum Gasteiger partial charge on any atom is 0.421 e. The Hall–Kier alpha value is -3.09. The smallest absolute Gasteiger partial charge is 0.368 e. The van der Waals surface area contributed by atoms with E-state index in [1.807, 2.05) is 0 Å². The van der Waals surface area contributed by atoms with E-state index in [1.54, 1.807) is 12.1 Å². The Morgan fingerprint density at radius 3 is 2.29 bits per heavy atom. The van der Waals surface area contributed by atoms with Crippen LogP contribution in [0.15, 0.2) is 30.5 Å². The first kappa shape index (κ1) is 24.2. The second-order valence-corrected chi connectivity index (χ2v) is 6.40. The number of carbonyl (C=O) groups excluding carboxylic acids is 1. The van der Waals surface area contributed by atoms with Gasteiger partial charge in [-0.25, -0.2) is 4.98 Å². The Morgan fingerprint density at radius 1 is 1.03 bits per heavy atom. The number of nitrogens with one attached hydrogen (secondary N) is 4. The van der Waals surface area contributed by atoms with E-state index >= 15 is 0 Å². The van der Waals surface area contributed by atoms with Crippen molar-refractivity contribution >= 4 is 23.4 Å². The summed E-state index contributed by atoms with van der Waals surface area (Å²) in [6.45, 7) is 0.274. The molecule has 1 amide bonds. The molecule has 1 heterocycles. The van der Waals surface area contributed by atoms with Gasteiger partial charge in [0.1, 0.15) is 11.4 Å². The van der Waals surface area contributed by atoms with Gasteiger partial charge in [0.25, 0.3) is 0 Å². The highest BCUT2D eigenvalue weighted by molar-refractivity contribution is 5.72. The Kier molecular flexibility index (Phi) is 8.02. The highest BCUT2D eigenvalue weighted by Gasteiger charge is 2.35. The minimum absolute atomic E-state index is 0.00106. The van der Waals surface area contributed by atoms with E-state index in [-0.39, 0.29) is 31.5 Å². The highest BCUT2D eigenvalue weighted by Crippen LogP contribution is 2.34. The van der Waals surface area contributed by atoms with Crippen LogP contribution in [0.4, 0.5) is 43.8 Å². The van der Waals surface area contributed by atoms with Crippen LogP contribution in [-0.2, 0) is 17.5 Å². The van der Waals surface area contributed by atoms with Gasteiger partial charge in [0.2, 0.25) is 11.9 Å². The quantitative estimate of drug-likeness (QED) is 0.346. The molecule has 1 aromatic carbocycles. The monoisotopic (exact) mass is 450 g/mol. The lowest BCUT2D eigenvalue weighted by molar-refractivity contribution is -0.137. The minimum atomic E-state index is -4.68. The van der Waals surface area contributed by atoms with E-state index < -0.39 is 30.3 Å². The summed E-state index contributed by atoms with van der Waals surface area (Å²) in [5.74, 6) is -0.888. The van der Waals surface area contributed by atoms with Gasteiger partial charge in [-0.1, -0.05) is 12.1 Å². The van der Waals surface area contributed by atoms with Gasteiger partial charge in [0, 0.05) is 38.4 Å². The molecule has 170 valence electrons. The zero-order chi connectivity index (χ0) is 23.1. The van der Waals surface area contributed by atoms with E-state index in [1.165, 1.54) is 19.1 Å². The lowest BCUT2D eigenvalue weighted by Gasteiger charge is -2.15. The van der Waals surface area contributed by atoms with Crippen LogP contribution >= 0.6 is 0 Å². The molecule has 0 unspecified atom stereocenters. The number of alkyl halides is 6. The molecule has 0 aliphatic carbocycles. The molecule has 4 N–H and O–H groups in total. The summed E-state index contributed by atoms with van der Waals surface area (Å²) in [6, 6.07) is 6.19. The molecular weight excluding hydrogens is 430 g/mol. The van der Waals surface area contributed by atoms with Gasteiger partial charge >= 0.3 is 12.4 Å². The number of nitrogens with zero attached hydrogens (tertiary/aromatic N) is 2. The Balaban J connectivity index is 2.05. The summed E-state index contributed by atoms with van der Waals surface area (Å²) in [4.78, 5) is 18.4. The van der Waals surface area contributed by atoms with Crippen LogP contribution in [0, 0.1) is 0 Å². The van der Waals surface area contributed by atoms with Crippen molar-refractivity contribution < 1.29 is 31.1 Å². The van der Waals surface area contributed by atoms with Crippen molar-refractivity contribution in [2.75, 3.05) is 30.3 Å². The molecule has 2 aromatic rings. The van der Waals surface area contributed by atoms with Gasteiger partial charge < -0.3 is 21.3 Å². The van der Waals surface area contributed by atoms with E-state index in [0.717, 1.165) is 0 Å². The number of aromatic nitrogens is 2. The van der Waals surface area contributed by atoms with Gasteiger partial charge in [-0.15, -0.1) is 0 Å². The summed E-state index contributed by atoms with van der Waals surface area (Å²) in [6.07, 6.45) is -8.36. The fourth-order valence-corrected chi connectivity index (χ4v) is 2.39. The predicted molar refractivity (Wildman–Crippen MR) is 102 cm³/mol. The van der Waals surface area contributed by atoms with Crippen molar-refractivity contribution in [2.24, 2.45) is 0 Å². The largest absolute Gasteiger partial charge is 0.421 e. The molecule has 0 aliphatic rings. The van der Waals surface area contributed by atoms with Crippen LogP contribution in [-0.4, -0.2) is 41.7 Å². The lowest BCUT2D eigenvalue weighted by Crippen LogP contribution is -2.28. The molecule has 7 nitrogen and oxygen atoms in total. The molecule has 0 saturated heterocycles. The Labute approximate surface area is 173 Å². The first-order valence-electron chi connectivity index (χ1n) is 9.00. The van der Waals surface area contributed by atoms with E-state index in [9.17, 15) is 31.1 Å². The van der Waals surface area contributed by atoms with Crippen LogP contribution in [0.1, 0.15) is 18.1 Å². The maximum absolute atomic E-state index is 13.2. The minimum Gasteiger partial charge on any atom is -0.368 e. The second kappa shape index (κ2) is 10.3. The third-order valence-electron chi connectivity index (χ3n) is 3.75. The van der Waals surface area contributed by atoms with Crippen LogP contribution in [0.5, 0.6) is 0 Å². The van der Waals surface area contributed by atoms with E-state index in [2.05, 4.69) is 31.2 Å². The average Bonchev–Trinajstić information content (AvgIpc) is 2.65. The van der Waals surface area contributed by atoms with Crippen LogP contribution in [0.3, 0.4) is 0 Å². The number of benzene rings is 1. The summed E-state index contributed by atoms with van der Waals surface area (Å²) in [5.41, 5.74) is -0.0426. The maximum atomic E-state index is 13.2. The average molecular weight is 450 g/mol. The Bertz CT molecular complexity index is 869. The van der Waals surface area contributed by atoms with Crippen molar-refractivity contribution in [3.8, 4) is 0 Å². The molecule has 0 atom stereocenters. The highest BCUT2D eigenvalue weighted by atomic mass is 19.4. The van der Waals surface area contributed by atoms with Gasteiger partial charge in [0.05, 0.1) is 6.54 Å². The van der Waals surface area contributed by atoms with Gasteiger partial charge in [-0.05, 0) is 17.7 Å². The number of halogens is 6. The molecule has 0 radical (unpaired) electrons. The fourth-order valence-electron chi connectivity index (χ4n) is 2.39. The molecule has 0 saturated carbocycles. The van der Waals surface area contributed by atoms with Crippen LogP contribution < -0.4 is 21.3 Å². The van der Waals surface area contributed by atoms with Gasteiger partial charge in [0.15, 0.2) is 0 Å². The van der Waals surface area contributed by atoms with Gasteiger partial charge in [-0.2, -0.15) is 31.3 Å². The van der Waals surface area contributed by atoms with E-state index in [4.69, 9.17) is 0 Å². The molecule has 13 heteroatoms. The van der Waals surface area contributed by atoms with E-state index in [0.29, 0.717) is 17.4 Å². The van der Waals surface area contributed by atoms with Crippen molar-refractivity contribution in [3.05, 3.63) is 41.6 Å². The van der Waals surface area contributed by atoms with Crippen LogP contribution in [0.2, 0.25) is 0 Å². The summed E-state index contributed by atoms with van der Waals surface area (Å²) in [7, 11) is 0. The molecular formula is C18H20F6N6O. The molecule has 0 fully saturated rings. The first-order valence-corrected chi connectivity index (χ1v) is 9.00. The zero-order valence-corrected chi connectivity index (χ0v) is 16.3. The van der Waals surface area contributed by atoms with Gasteiger partial charge in [-0.3, -0.25) is 4.79 Å². The topological polar surface area (TPSA) is 91.0 Å². The SMILES string of the molecule is CC(=O)NCCNc1nc(Nc2ccc(CNCC(F)(F)F)cc2)ncc1C(F)(F)F. The molecule has 0 aliphatic heterocycles. The number of carbonyl (C=O) groups is 1.